The fourth-order valence-corrected chi connectivity index (χ4v) is 3.61. The minimum absolute atomic E-state index is 0.0446. The van der Waals surface area contributed by atoms with Gasteiger partial charge in [-0.1, -0.05) is 29.4 Å². The van der Waals surface area contributed by atoms with Gasteiger partial charge in [-0.15, -0.1) is 0 Å². The van der Waals surface area contributed by atoms with Crippen LogP contribution in [0.2, 0.25) is 0 Å². The zero-order chi connectivity index (χ0) is 22.3. The third kappa shape index (κ3) is 3.59. The number of nitrogens with two attached hydrogens (primary N) is 1. The summed E-state index contributed by atoms with van der Waals surface area (Å²) in [5, 5.41) is 8.49. The van der Waals surface area contributed by atoms with E-state index in [0.717, 1.165) is 29.5 Å². The zero-order valence-electron chi connectivity index (χ0n) is 17.8. The molecule has 1 fully saturated rings. The lowest BCUT2D eigenvalue weighted by Crippen LogP contribution is -2.26. The van der Waals surface area contributed by atoms with E-state index in [1.807, 2.05) is 12.1 Å². The van der Waals surface area contributed by atoms with Crippen LogP contribution in [0.4, 0.5) is 5.95 Å². The van der Waals surface area contributed by atoms with Crippen LogP contribution in [0, 0.1) is 0 Å². The van der Waals surface area contributed by atoms with Gasteiger partial charge in [-0.3, -0.25) is 9.48 Å². The number of hydrogen-bond donors (Lipinski definition) is 1. The van der Waals surface area contributed by atoms with Crippen LogP contribution < -0.4 is 5.73 Å². The average Bonchev–Trinajstić information content (AvgIpc) is 3.22. The number of hydrogen-bond acceptors (Lipinski definition) is 8. The van der Waals surface area contributed by atoms with Crippen molar-refractivity contribution in [2.24, 2.45) is 0 Å². The molecule has 2 N–H and O–H groups in total. The van der Waals surface area contributed by atoms with E-state index in [2.05, 4.69) is 37.3 Å². The van der Waals surface area contributed by atoms with Crippen molar-refractivity contribution >= 4 is 11.9 Å². The number of anilines is 1. The number of rotatable bonds is 6. The molecule has 162 valence electrons. The summed E-state index contributed by atoms with van der Waals surface area (Å²) in [6.07, 6.45) is 8.69. The van der Waals surface area contributed by atoms with Crippen molar-refractivity contribution in [2.75, 3.05) is 19.8 Å². The van der Waals surface area contributed by atoms with Crippen LogP contribution in [0.1, 0.15) is 24.2 Å². The van der Waals surface area contributed by atoms with Crippen molar-refractivity contribution < 1.29 is 9.32 Å². The molecule has 4 aromatic rings. The van der Waals surface area contributed by atoms with Gasteiger partial charge in [0.2, 0.25) is 11.9 Å². The van der Waals surface area contributed by atoms with E-state index >= 15 is 0 Å². The van der Waals surface area contributed by atoms with E-state index in [-0.39, 0.29) is 23.8 Å². The highest BCUT2D eigenvalue weighted by Gasteiger charge is 2.50. The van der Waals surface area contributed by atoms with Crippen LogP contribution in [0.25, 0.3) is 22.6 Å². The lowest BCUT2D eigenvalue weighted by Gasteiger charge is -2.12. The molecule has 1 aromatic carbocycles. The number of nitrogens with zero attached hydrogens (tertiary/aromatic N) is 7. The van der Waals surface area contributed by atoms with Gasteiger partial charge in [0, 0.05) is 38.2 Å². The Morgan fingerprint density at radius 1 is 1.09 bits per heavy atom. The number of benzene rings is 1. The van der Waals surface area contributed by atoms with E-state index < -0.39 is 0 Å². The second-order valence-electron chi connectivity index (χ2n) is 8.13. The van der Waals surface area contributed by atoms with Crippen molar-refractivity contribution in [1.29, 1.82) is 0 Å². The van der Waals surface area contributed by atoms with Crippen molar-refractivity contribution in [3.05, 3.63) is 60.4 Å². The molecule has 3 heterocycles. The summed E-state index contributed by atoms with van der Waals surface area (Å²) in [5.41, 5.74) is 9.07. The first kappa shape index (κ1) is 19.9. The standard InChI is InChI=1S/C22H22N8O2/c1-29(2)18(31)13-30-12-16(11-26-30)19-27-20(28-32-19)22(7-8-22)17-5-3-14(4-6-17)15-9-24-21(23)25-10-15/h3-6,9-12H,7-8,13H2,1-2H3,(H2,23,24,25). The second kappa shape index (κ2) is 7.56. The Hall–Kier alpha value is -4.08. The first-order valence-corrected chi connectivity index (χ1v) is 10.2. The summed E-state index contributed by atoms with van der Waals surface area (Å²) in [4.78, 5) is 26.2. The molecule has 32 heavy (non-hydrogen) atoms. The Morgan fingerprint density at radius 2 is 1.81 bits per heavy atom. The molecule has 3 aromatic heterocycles. The first-order chi connectivity index (χ1) is 15.4. The predicted octanol–water partition coefficient (Wildman–Crippen LogP) is 2.14. The Labute approximate surface area is 184 Å². The monoisotopic (exact) mass is 430 g/mol. The molecule has 0 spiro atoms. The number of nitrogen functional groups attached to an aromatic ring is 1. The molecule has 1 aliphatic rings. The predicted molar refractivity (Wildman–Crippen MR) is 116 cm³/mol. The first-order valence-electron chi connectivity index (χ1n) is 10.2. The van der Waals surface area contributed by atoms with E-state index in [4.69, 9.17) is 10.3 Å². The minimum atomic E-state index is -0.241. The van der Waals surface area contributed by atoms with Gasteiger partial charge in [0.25, 0.3) is 5.89 Å². The lowest BCUT2D eigenvalue weighted by atomic mass is 9.93. The third-order valence-corrected chi connectivity index (χ3v) is 5.72. The van der Waals surface area contributed by atoms with Gasteiger partial charge in [-0.25, -0.2) is 9.97 Å². The fourth-order valence-electron chi connectivity index (χ4n) is 3.61. The van der Waals surface area contributed by atoms with Crippen LogP contribution in [0.5, 0.6) is 0 Å². The largest absolute Gasteiger partial charge is 0.368 e. The summed E-state index contributed by atoms with van der Waals surface area (Å²) in [6.45, 7) is 0.156. The Morgan fingerprint density at radius 3 is 2.47 bits per heavy atom. The van der Waals surface area contributed by atoms with Gasteiger partial charge >= 0.3 is 0 Å². The molecular formula is C22H22N8O2. The van der Waals surface area contributed by atoms with Gasteiger partial charge in [0.1, 0.15) is 6.54 Å². The van der Waals surface area contributed by atoms with Crippen molar-refractivity contribution in [3.8, 4) is 22.6 Å². The highest BCUT2D eigenvalue weighted by atomic mass is 16.5. The van der Waals surface area contributed by atoms with E-state index in [1.165, 1.54) is 4.90 Å². The Balaban J connectivity index is 1.35. The van der Waals surface area contributed by atoms with Crippen LogP contribution in [-0.2, 0) is 16.8 Å². The fraction of sp³-hybridized carbons (Fsp3) is 0.273. The molecule has 0 aliphatic heterocycles. The molecule has 1 aliphatic carbocycles. The van der Waals surface area contributed by atoms with Crippen LogP contribution >= 0.6 is 0 Å². The van der Waals surface area contributed by atoms with Crippen LogP contribution in [0.3, 0.4) is 0 Å². The van der Waals surface area contributed by atoms with Crippen molar-refractivity contribution in [1.82, 2.24) is 34.8 Å². The quantitative estimate of drug-likeness (QED) is 0.493. The number of likely N-dealkylation sites (N-methyl/N-ethyl adjacent to an activating group) is 1. The summed E-state index contributed by atoms with van der Waals surface area (Å²) >= 11 is 0. The molecule has 0 unspecified atom stereocenters. The maximum absolute atomic E-state index is 11.9. The molecule has 0 bridgehead atoms. The van der Waals surface area contributed by atoms with Gasteiger partial charge in [-0.05, 0) is 24.0 Å². The Bertz CT molecular complexity index is 1250. The smallest absolute Gasteiger partial charge is 0.261 e. The van der Waals surface area contributed by atoms with Crippen molar-refractivity contribution in [3.63, 3.8) is 0 Å². The topological polar surface area (TPSA) is 129 Å². The van der Waals surface area contributed by atoms with Gasteiger partial charge in [-0.2, -0.15) is 10.1 Å². The van der Waals surface area contributed by atoms with E-state index in [0.29, 0.717) is 17.3 Å². The number of carbonyl (C=O) groups excluding carboxylic acids is 1. The second-order valence-corrected chi connectivity index (χ2v) is 8.13. The van der Waals surface area contributed by atoms with Gasteiger partial charge in [0.05, 0.1) is 17.2 Å². The molecule has 5 rings (SSSR count). The maximum Gasteiger partial charge on any atom is 0.261 e. The molecule has 1 amide bonds. The molecule has 1 saturated carbocycles. The molecular weight excluding hydrogens is 408 g/mol. The summed E-state index contributed by atoms with van der Waals surface area (Å²) in [6, 6.07) is 8.24. The normalized spacial score (nSPS) is 14.3. The third-order valence-electron chi connectivity index (χ3n) is 5.72. The molecule has 10 heteroatoms. The molecule has 0 atom stereocenters. The maximum atomic E-state index is 11.9. The summed E-state index contributed by atoms with van der Waals surface area (Å²) in [7, 11) is 3.42. The molecule has 0 radical (unpaired) electrons. The van der Waals surface area contributed by atoms with Gasteiger partial charge < -0.3 is 15.2 Å². The number of carbonyl (C=O) groups is 1. The zero-order valence-corrected chi connectivity index (χ0v) is 17.8. The molecule has 0 saturated heterocycles. The lowest BCUT2D eigenvalue weighted by molar-refractivity contribution is -0.129. The Kier molecular flexibility index (Phi) is 4.69. The summed E-state index contributed by atoms with van der Waals surface area (Å²) in [5.74, 6) is 1.26. The molecule has 10 nitrogen and oxygen atoms in total. The highest BCUT2D eigenvalue weighted by Crippen LogP contribution is 2.52. The van der Waals surface area contributed by atoms with E-state index in [9.17, 15) is 4.79 Å². The van der Waals surface area contributed by atoms with Crippen molar-refractivity contribution in [2.45, 2.75) is 24.8 Å². The average molecular weight is 430 g/mol. The summed E-state index contributed by atoms with van der Waals surface area (Å²) < 4.78 is 7.09. The van der Waals surface area contributed by atoms with E-state index in [1.54, 1.807) is 43.6 Å². The van der Waals surface area contributed by atoms with Gasteiger partial charge in [0.15, 0.2) is 5.82 Å². The minimum Gasteiger partial charge on any atom is -0.368 e. The SMILES string of the molecule is CN(C)C(=O)Cn1cc(-c2nc(C3(c4ccc(-c5cnc(N)nc5)cc4)CC3)no2)cn1. The van der Waals surface area contributed by atoms with Crippen LogP contribution in [-0.4, -0.2) is 54.8 Å². The highest BCUT2D eigenvalue weighted by molar-refractivity contribution is 5.75. The number of amides is 1. The van der Waals surface area contributed by atoms with Crippen LogP contribution in [0.15, 0.2) is 53.6 Å². The number of aromatic nitrogens is 6.